The second-order valence-electron chi connectivity index (χ2n) is 4.71. The van der Waals surface area contributed by atoms with Gasteiger partial charge in [-0.25, -0.2) is 4.79 Å². The number of ether oxygens (including phenoxy) is 3. The molecule has 0 saturated carbocycles. The van der Waals surface area contributed by atoms with E-state index in [0.29, 0.717) is 22.4 Å². The molecular formula is C17H15F3O4. The van der Waals surface area contributed by atoms with Crippen molar-refractivity contribution >= 4 is 5.97 Å². The van der Waals surface area contributed by atoms with Gasteiger partial charge in [0, 0.05) is 5.56 Å². The summed E-state index contributed by atoms with van der Waals surface area (Å²) in [6.07, 6.45) is -4.74. The average Bonchev–Trinajstić information content (AvgIpc) is 2.54. The zero-order valence-electron chi connectivity index (χ0n) is 13.0. The SMILES string of the molecule is CCOC(=O)c1ccc(-c2ccc(OC(F)(F)F)cc2)c(OC)c1. The molecule has 24 heavy (non-hydrogen) atoms. The Morgan fingerprint density at radius 2 is 1.75 bits per heavy atom. The van der Waals surface area contributed by atoms with Crippen LogP contribution in [-0.4, -0.2) is 26.0 Å². The lowest BCUT2D eigenvalue weighted by atomic mass is 10.0. The van der Waals surface area contributed by atoms with Crippen molar-refractivity contribution < 1.29 is 32.2 Å². The van der Waals surface area contributed by atoms with Gasteiger partial charge in [0.15, 0.2) is 0 Å². The van der Waals surface area contributed by atoms with Crippen LogP contribution < -0.4 is 9.47 Å². The van der Waals surface area contributed by atoms with Gasteiger partial charge in [0.1, 0.15) is 11.5 Å². The largest absolute Gasteiger partial charge is 0.573 e. The van der Waals surface area contributed by atoms with Gasteiger partial charge >= 0.3 is 12.3 Å². The predicted molar refractivity (Wildman–Crippen MR) is 81.1 cm³/mol. The molecule has 0 radical (unpaired) electrons. The fourth-order valence-electron chi connectivity index (χ4n) is 2.11. The molecule has 7 heteroatoms. The average molecular weight is 340 g/mol. The topological polar surface area (TPSA) is 44.8 Å². The summed E-state index contributed by atoms with van der Waals surface area (Å²) in [4.78, 5) is 11.7. The van der Waals surface area contributed by atoms with Crippen molar-refractivity contribution in [1.29, 1.82) is 0 Å². The Kier molecular flexibility index (Phi) is 5.33. The minimum Gasteiger partial charge on any atom is -0.496 e. The van der Waals surface area contributed by atoms with Crippen molar-refractivity contribution in [2.75, 3.05) is 13.7 Å². The number of esters is 1. The third kappa shape index (κ3) is 4.41. The fraction of sp³-hybridized carbons (Fsp3) is 0.235. The Morgan fingerprint density at radius 3 is 2.29 bits per heavy atom. The van der Waals surface area contributed by atoms with Gasteiger partial charge in [-0.3, -0.25) is 0 Å². The van der Waals surface area contributed by atoms with Gasteiger partial charge in [-0.15, -0.1) is 13.2 Å². The van der Waals surface area contributed by atoms with Crippen LogP contribution in [0.1, 0.15) is 17.3 Å². The Bertz CT molecular complexity index is 709. The molecule has 2 aromatic rings. The zero-order valence-corrected chi connectivity index (χ0v) is 13.0. The molecule has 0 unspecified atom stereocenters. The van der Waals surface area contributed by atoms with Crippen LogP contribution >= 0.6 is 0 Å². The lowest BCUT2D eigenvalue weighted by molar-refractivity contribution is -0.274. The molecular weight excluding hydrogens is 325 g/mol. The lowest BCUT2D eigenvalue weighted by Crippen LogP contribution is -2.16. The minimum absolute atomic E-state index is 0.254. The van der Waals surface area contributed by atoms with Crippen molar-refractivity contribution in [1.82, 2.24) is 0 Å². The van der Waals surface area contributed by atoms with E-state index >= 15 is 0 Å². The molecule has 0 spiro atoms. The number of halogens is 3. The van der Waals surface area contributed by atoms with E-state index in [4.69, 9.17) is 9.47 Å². The van der Waals surface area contributed by atoms with E-state index in [1.54, 1.807) is 19.1 Å². The van der Waals surface area contributed by atoms with Gasteiger partial charge in [0.2, 0.25) is 0 Å². The molecule has 0 fully saturated rings. The van der Waals surface area contributed by atoms with Gasteiger partial charge in [-0.1, -0.05) is 12.1 Å². The highest BCUT2D eigenvalue weighted by Gasteiger charge is 2.31. The third-order valence-electron chi connectivity index (χ3n) is 3.11. The highest BCUT2D eigenvalue weighted by molar-refractivity contribution is 5.91. The molecule has 2 aromatic carbocycles. The van der Waals surface area contributed by atoms with E-state index in [9.17, 15) is 18.0 Å². The second-order valence-corrected chi connectivity index (χ2v) is 4.71. The van der Waals surface area contributed by atoms with Crippen LogP contribution in [0.15, 0.2) is 42.5 Å². The van der Waals surface area contributed by atoms with Gasteiger partial charge < -0.3 is 14.2 Å². The second kappa shape index (κ2) is 7.25. The van der Waals surface area contributed by atoms with E-state index in [-0.39, 0.29) is 12.4 Å². The van der Waals surface area contributed by atoms with Crippen LogP contribution in [0, 0.1) is 0 Å². The van der Waals surface area contributed by atoms with Gasteiger partial charge in [-0.2, -0.15) is 0 Å². The maximum absolute atomic E-state index is 12.2. The first-order valence-corrected chi connectivity index (χ1v) is 7.05. The molecule has 0 aromatic heterocycles. The van der Waals surface area contributed by atoms with Gasteiger partial charge in [0.05, 0.1) is 19.3 Å². The highest BCUT2D eigenvalue weighted by atomic mass is 19.4. The smallest absolute Gasteiger partial charge is 0.496 e. The fourth-order valence-corrected chi connectivity index (χ4v) is 2.11. The quantitative estimate of drug-likeness (QED) is 0.755. The van der Waals surface area contributed by atoms with Crippen LogP contribution in [0.2, 0.25) is 0 Å². The maximum atomic E-state index is 12.2. The Hall–Kier alpha value is -2.70. The summed E-state index contributed by atoms with van der Waals surface area (Å²) in [6.45, 7) is 1.96. The number of alkyl halides is 3. The lowest BCUT2D eigenvalue weighted by Gasteiger charge is -2.12. The molecule has 0 atom stereocenters. The minimum atomic E-state index is -4.74. The van der Waals surface area contributed by atoms with E-state index in [1.807, 2.05) is 0 Å². The van der Waals surface area contributed by atoms with Crippen molar-refractivity contribution in [3.05, 3.63) is 48.0 Å². The molecule has 0 aliphatic heterocycles. The van der Waals surface area contributed by atoms with Crippen LogP contribution in [-0.2, 0) is 4.74 Å². The summed E-state index contributed by atoms with van der Waals surface area (Å²) >= 11 is 0. The van der Waals surface area contributed by atoms with Crippen molar-refractivity contribution in [2.24, 2.45) is 0 Å². The maximum Gasteiger partial charge on any atom is 0.573 e. The van der Waals surface area contributed by atoms with E-state index in [2.05, 4.69) is 4.74 Å². The van der Waals surface area contributed by atoms with Gasteiger partial charge in [0.25, 0.3) is 0 Å². The third-order valence-corrected chi connectivity index (χ3v) is 3.11. The molecule has 0 bridgehead atoms. The van der Waals surface area contributed by atoms with Gasteiger partial charge in [-0.05, 0) is 42.8 Å². The molecule has 0 aliphatic carbocycles. The van der Waals surface area contributed by atoms with E-state index in [0.717, 1.165) is 0 Å². The number of hydrogen-bond donors (Lipinski definition) is 0. The zero-order chi connectivity index (χ0) is 17.7. The number of methoxy groups -OCH3 is 1. The van der Waals surface area contributed by atoms with Crippen molar-refractivity contribution in [3.63, 3.8) is 0 Å². The molecule has 0 N–H and O–H groups in total. The first-order chi connectivity index (χ1) is 11.3. The Balaban J connectivity index is 2.29. The van der Waals surface area contributed by atoms with E-state index in [1.165, 1.54) is 37.4 Å². The summed E-state index contributed by atoms with van der Waals surface area (Å²) in [6, 6.07) is 10.1. The predicted octanol–water partition coefficient (Wildman–Crippen LogP) is 4.44. The van der Waals surface area contributed by atoms with Crippen molar-refractivity contribution in [3.8, 4) is 22.6 Å². The summed E-state index contributed by atoms with van der Waals surface area (Å²) < 4.78 is 50.6. The summed E-state index contributed by atoms with van der Waals surface area (Å²) in [7, 11) is 1.44. The van der Waals surface area contributed by atoms with Crippen LogP contribution in [0.25, 0.3) is 11.1 Å². The summed E-state index contributed by atoms with van der Waals surface area (Å²) in [5, 5.41) is 0. The number of carbonyl (C=O) groups is 1. The number of carbonyl (C=O) groups excluding carboxylic acids is 1. The number of hydrogen-bond acceptors (Lipinski definition) is 4. The summed E-state index contributed by atoms with van der Waals surface area (Å²) in [5.74, 6) is -0.380. The number of rotatable bonds is 5. The standard InChI is InChI=1S/C17H15F3O4/c1-3-23-16(21)12-6-9-14(15(10-12)22-2)11-4-7-13(8-5-11)24-17(18,19)20/h4-10H,3H2,1-2H3. The van der Waals surface area contributed by atoms with Crippen LogP contribution in [0.5, 0.6) is 11.5 Å². The van der Waals surface area contributed by atoms with E-state index < -0.39 is 12.3 Å². The molecule has 0 saturated heterocycles. The first-order valence-electron chi connectivity index (χ1n) is 7.05. The first kappa shape index (κ1) is 17.7. The van der Waals surface area contributed by atoms with Crippen LogP contribution in [0.4, 0.5) is 13.2 Å². The molecule has 2 rings (SSSR count). The summed E-state index contributed by atoms with van der Waals surface area (Å²) in [5.41, 5.74) is 1.58. The molecule has 128 valence electrons. The number of benzene rings is 2. The molecule has 4 nitrogen and oxygen atoms in total. The normalized spacial score (nSPS) is 11.0. The molecule has 0 heterocycles. The monoisotopic (exact) mass is 340 g/mol. The van der Waals surface area contributed by atoms with Crippen LogP contribution in [0.3, 0.4) is 0 Å². The molecule has 0 amide bonds. The van der Waals surface area contributed by atoms with Crippen molar-refractivity contribution in [2.45, 2.75) is 13.3 Å². The highest BCUT2D eigenvalue weighted by Crippen LogP contribution is 2.33. The Labute approximate surface area is 136 Å². The molecule has 0 aliphatic rings. The Morgan fingerprint density at radius 1 is 1.08 bits per heavy atom.